The molecule has 1 aromatic heterocycles. The van der Waals surface area contributed by atoms with Crippen molar-refractivity contribution >= 4 is 33.0 Å². The molecule has 0 radical (unpaired) electrons. The highest BCUT2D eigenvalue weighted by atomic mass is 35.5. The van der Waals surface area contributed by atoms with Crippen LogP contribution in [0.3, 0.4) is 0 Å². The van der Waals surface area contributed by atoms with E-state index < -0.39 is 10.0 Å². The molecule has 0 aliphatic heterocycles. The van der Waals surface area contributed by atoms with Crippen LogP contribution in [0.25, 0.3) is 0 Å². The molecule has 21 heavy (non-hydrogen) atoms. The zero-order chi connectivity index (χ0) is 15.5. The van der Waals surface area contributed by atoms with Crippen molar-refractivity contribution in [3.8, 4) is 0 Å². The normalized spacial score (nSPS) is 13.5. The molecule has 0 N–H and O–H groups in total. The minimum absolute atomic E-state index is 0.183. The lowest BCUT2D eigenvalue weighted by Gasteiger charge is -2.23. The molecule has 1 aromatic carbocycles. The first-order valence-electron chi connectivity index (χ1n) is 6.63. The van der Waals surface area contributed by atoms with E-state index in [0.29, 0.717) is 10.8 Å². The van der Waals surface area contributed by atoms with Gasteiger partial charge < -0.3 is 0 Å². The van der Waals surface area contributed by atoms with Gasteiger partial charge in [0.1, 0.15) is 0 Å². The van der Waals surface area contributed by atoms with E-state index in [9.17, 15) is 8.42 Å². The standard InChI is InChI=1S/C15H18ClNO2S2/c1-12(15-4-3-11-20-15)17(2)21(18,19)14-7-5-13(6-8-14)9-10-16/h3-8,11-12H,9-10H2,1-2H3. The van der Waals surface area contributed by atoms with E-state index >= 15 is 0 Å². The average Bonchev–Trinajstić information content (AvgIpc) is 3.01. The van der Waals surface area contributed by atoms with Crippen molar-refractivity contribution in [1.82, 2.24) is 4.31 Å². The molecule has 1 unspecified atom stereocenters. The molecule has 114 valence electrons. The van der Waals surface area contributed by atoms with Crippen molar-refractivity contribution in [1.29, 1.82) is 0 Å². The third-order valence-corrected chi connectivity index (χ3v) is 6.66. The number of alkyl halides is 1. The van der Waals surface area contributed by atoms with E-state index in [1.54, 1.807) is 30.5 Å². The van der Waals surface area contributed by atoms with Gasteiger partial charge in [0.15, 0.2) is 0 Å². The Balaban J connectivity index is 2.24. The molecule has 1 atom stereocenters. The van der Waals surface area contributed by atoms with Crippen molar-refractivity contribution in [3.05, 3.63) is 52.2 Å². The fraction of sp³-hybridized carbons (Fsp3) is 0.333. The van der Waals surface area contributed by atoms with Gasteiger partial charge in [0.25, 0.3) is 0 Å². The van der Waals surface area contributed by atoms with Crippen LogP contribution in [0.5, 0.6) is 0 Å². The van der Waals surface area contributed by atoms with Gasteiger partial charge in [-0.05, 0) is 42.5 Å². The van der Waals surface area contributed by atoms with E-state index in [1.165, 1.54) is 4.31 Å². The first-order valence-corrected chi connectivity index (χ1v) is 9.48. The quantitative estimate of drug-likeness (QED) is 0.746. The zero-order valence-electron chi connectivity index (χ0n) is 12.0. The second kappa shape index (κ2) is 6.92. The Hall–Kier alpha value is -0.880. The van der Waals surface area contributed by atoms with Gasteiger partial charge in [-0.3, -0.25) is 0 Å². The Morgan fingerprint density at radius 1 is 1.24 bits per heavy atom. The Labute approximate surface area is 135 Å². The molecule has 0 aliphatic carbocycles. The van der Waals surface area contributed by atoms with Gasteiger partial charge in [0.2, 0.25) is 10.0 Å². The fourth-order valence-corrected chi connectivity index (χ4v) is 4.47. The zero-order valence-corrected chi connectivity index (χ0v) is 14.4. The summed E-state index contributed by atoms with van der Waals surface area (Å²) >= 11 is 7.25. The Morgan fingerprint density at radius 3 is 2.43 bits per heavy atom. The highest BCUT2D eigenvalue weighted by Crippen LogP contribution is 2.28. The third kappa shape index (κ3) is 3.66. The van der Waals surface area contributed by atoms with Crippen LogP contribution in [0.2, 0.25) is 0 Å². The minimum Gasteiger partial charge on any atom is -0.207 e. The summed E-state index contributed by atoms with van der Waals surface area (Å²) in [5, 5.41) is 1.95. The molecule has 2 aromatic rings. The molecule has 0 amide bonds. The van der Waals surface area contributed by atoms with Crippen molar-refractivity contribution < 1.29 is 8.42 Å². The molecule has 0 bridgehead atoms. The number of benzene rings is 1. The Morgan fingerprint density at radius 2 is 1.90 bits per heavy atom. The second-order valence-electron chi connectivity index (χ2n) is 4.80. The van der Waals surface area contributed by atoms with E-state index in [-0.39, 0.29) is 6.04 Å². The molecule has 0 saturated heterocycles. The molecule has 3 nitrogen and oxygen atoms in total. The predicted molar refractivity (Wildman–Crippen MR) is 88.5 cm³/mol. The maximum Gasteiger partial charge on any atom is 0.243 e. The fourth-order valence-electron chi connectivity index (χ4n) is 2.02. The molecule has 0 saturated carbocycles. The topological polar surface area (TPSA) is 37.4 Å². The smallest absolute Gasteiger partial charge is 0.207 e. The summed E-state index contributed by atoms with van der Waals surface area (Å²) < 4.78 is 26.7. The highest BCUT2D eigenvalue weighted by molar-refractivity contribution is 7.89. The van der Waals surface area contributed by atoms with Crippen LogP contribution >= 0.6 is 22.9 Å². The lowest BCUT2D eigenvalue weighted by Crippen LogP contribution is -2.29. The predicted octanol–water partition coefficient (Wildman–Crippen LogP) is 3.91. The number of hydrogen-bond donors (Lipinski definition) is 0. The molecule has 0 aliphatic rings. The molecule has 2 rings (SSSR count). The number of thiophene rings is 1. The summed E-state index contributed by atoms with van der Waals surface area (Å²) in [5.74, 6) is 0.529. The molecular weight excluding hydrogens is 326 g/mol. The summed E-state index contributed by atoms with van der Waals surface area (Å²) in [5.41, 5.74) is 1.04. The summed E-state index contributed by atoms with van der Waals surface area (Å²) in [6.07, 6.45) is 0.739. The SMILES string of the molecule is CC(c1cccs1)N(C)S(=O)(=O)c1ccc(CCCl)cc1. The van der Waals surface area contributed by atoms with Crippen molar-refractivity contribution in [2.45, 2.75) is 24.3 Å². The van der Waals surface area contributed by atoms with Crippen molar-refractivity contribution in [2.75, 3.05) is 12.9 Å². The van der Waals surface area contributed by atoms with Crippen LogP contribution in [0, 0.1) is 0 Å². The van der Waals surface area contributed by atoms with Gasteiger partial charge in [-0.1, -0.05) is 18.2 Å². The van der Waals surface area contributed by atoms with Gasteiger partial charge in [-0.25, -0.2) is 8.42 Å². The lowest BCUT2D eigenvalue weighted by molar-refractivity contribution is 0.403. The number of rotatable bonds is 6. The van der Waals surface area contributed by atoms with Gasteiger partial charge in [0.05, 0.1) is 10.9 Å². The minimum atomic E-state index is -3.49. The monoisotopic (exact) mass is 343 g/mol. The largest absolute Gasteiger partial charge is 0.243 e. The molecular formula is C15H18ClNO2S2. The van der Waals surface area contributed by atoms with Crippen LogP contribution in [0.15, 0.2) is 46.7 Å². The summed E-state index contributed by atoms with van der Waals surface area (Å²) in [7, 11) is -1.87. The molecule has 0 spiro atoms. The van der Waals surface area contributed by atoms with Crippen molar-refractivity contribution in [3.63, 3.8) is 0 Å². The van der Waals surface area contributed by atoms with Crippen LogP contribution in [0.1, 0.15) is 23.4 Å². The second-order valence-corrected chi connectivity index (χ2v) is 8.15. The van der Waals surface area contributed by atoms with E-state index in [2.05, 4.69) is 0 Å². The first kappa shape index (κ1) is 16.5. The number of aryl methyl sites for hydroxylation is 1. The Kier molecular flexibility index (Phi) is 5.43. The van der Waals surface area contributed by atoms with Gasteiger partial charge in [0, 0.05) is 17.8 Å². The Bertz CT molecular complexity index is 666. The van der Waals surface area contributed by atoms with Gasteiger partial charge in [-0.15, -0.1) is 22.9 Å². The number of hydrogen-bond acceptors (Lipinski definition) is 3. The summed E-state index contributed by atoms with van der Waals surface area (Å²) in [4.78, 5) is 1.34. The molecule has 1 heterocycles. The number of sulfonamides is 1. The van der Waals surface area contributed by atoms with Crippen LogP contribution in [-0.2, 0) is 16.4 Å². The van der Waals surface area contributed by atoms with E-state index in [4.69, 9.17) is 11.6 Å². The van der Waals surface area contributed by atoms with Crippen molar-refractivity contribution in [2.24, 2.45) is 0 Å². The van der Waals surface area contributed by atoms with E-state index in [0.717, 1.165) is 16.9 Å². The van der Waals surface area contributed by atoms with Crippen LogP contribution < -0.4 is 0 Å². The summed E-state index contributed by atoms with van der Waals surface area (Å²) in [6.45, 7) is 1.89. The van der Waals surface area contributed by atoms with Gasteiger partial charge >= 0.3 is 0 Å². The molecule has 0 fully saturated rings. The van der Waals surface area contributed by atoms with E-state index in [1.807, 2.05) is 36.6 Å². The first-order chi connectivity index (χ1) is 9.96. The van der Waals surface area contributed by atoms with Gasteiger partial charge in [-0.2, -0.15) is 4.31 Å². The maximum atomic E-state index is 12.6. The number of halogens is 1. The van der Waals surface area contributed by atoms with Crippen LogP contribution in [0.4, 0.5) is 0 Å². The average molecular weight is 344 g/mol. The highest BCUT2D eigenvalue weighted by Gasteiger charge is 2.26. The van der Waals surface area contributed by atoms with Crippen LogP contribution in [-0.4, -0.2) is 25.7 Å². The third-order valence-electron chi connectivity index (χ3n) is 3.48. The maximum absolute atomic E-state index is 12.6. The number of nitrogens with zero attached hydrogens (tertiary/aromatic N) is 1. The molecule has 6 heteroatoms. The summed E-state index contributed by atoms with van der Waals surface area (Å²) in [6, 6.07) is 10.6. The lowest BCUT2D eigenvalue weighted by atomic mass is 10.2.